The number of hydrogen-bond acceptors (Lipinski definition) is 4. The van der Waals surface area contributed by atoms with Gasteiger partial charge in [-0.05, 0) is 32.3 Å². The minimum atomic E-state index is -1.27. The van der Waals surface area contributed by atoms with E-state index in [0.717, 1.165) is 18.4 Å². The fourth-order valence-electron chi connectivity index (χ4n) is 3.34. The van der Waals surface area contributed by atoms with Gasteiger partial charge in [-0.15, -0.1) is 0 Å². The Morgan fingerprint density at radius 3 is 2.48 bits per heavy atom. The zero-order chi connectivity index (χ0) is 16.6. The quantitative estimate of drug-likeness (QED) is 0.921. The van der Waals surface area contributed by atoms with Crippen LogP contribution >= 0.6 is 0 Å². The molecule has 2 heterocycles. The molecular formula is C17H21NO5. The summed E-state index contributed by atoms with van der Waals surface area (Å²) < 4.78 is 11.0. The summed E-state index contributed by atoms with van der Waals surface area (Å²) in [5.74, 6) is -2.57. The second kappa shape index (κ2) is 5.94. The number of ether oxygens (including phenoxy) is 2. The molecule has 124 valence electrons. The van der Waals surface area contributed by atoms with E-state index in [1.54, 1.807) is 18.7 Å². The van der Waals surface area contributed by atoms with Gasteiger partial charge in [0.1, 0.15) is 0 Å². The van der Waals surface area contributed by atoms with Crippen LogP contribution in [0.1, 0.15) is 38.3 Å². The first-order valence-corrected chi connectivity index (χ1v) is 7.83. The van der Waals surface area contributed by atoms with Gasteiger partial charge < -0.3 is 19.5 Å². The van der Waals surface area contributed by atoms with Gasteiger partial charge in [-0.25, -0.2) is 4.79 Å². The Hall–Kier alpha value is -1.92. The summed E-state index contributed by atoms with van der Waals surface area (Å²) in [6.45, 7) is 3.84. The van der Waals surface area contributed by atoms with Crippen LogP contribution in [0.3, 0.4) is 0 Å². The first-order valence-electron chi connectivity index (χ1n) is 7.83. The number of carboxylic acids is 1. The smallest absolute Gasteiger partial charge is 0.336 e. The van der Waals surface area contributed by atoms with Crippen LogP contribution < -0.4 is 0 Å². The average Bonchev–Trinajstić information content (AvgIpc) is 3.11. The number of likely N-dealkylation sites (tertiary alicyclic amines) is 1. The molecule has 6 nitrogen and oxygen atoms in total. The predicted octanol–water partition coefficient (Wildman–Crippen LogP) is 1.95. The number of aliphatic carboxylic acids is 1. The molecule has 1 amide bonds. The van der Waals surface area contributed by atoms with Crippen molar-refractivity contribution in [2.75, 3.05) is 6.54 Å². The van der Waals surface area contributed by atoms with Crippen molar-refractivity contribution in [3.05, 3.63) is 35.9 Å². The third kappa shape index (κ3) is 3.09. The van der Waals surface area contributed by atoms with Crippen molar-refractivity contribution in [2.24, 2.45) is 0 Å². The molecule has 0 saturated carbocycles. The van der Waals surface area contributed by atoms with Crippen LogP contribution in [0.4, 0.5) is 0 Å². The molecule has 2 fully saturated rings. The molecule has 6 heteroatoms. The van der Waals surface area contributed by atoms with Crippen molar-refractivity contribution in [2.45, 2.75) is 50.7 Å². The number of carboxylic acid groups (broad SMARTS) is 1. The fraction of sp³-hybridized carbons (Fsp3) is 0.529. The van der Waals surface area contributed by atoms with Crippen LogP contribution in [0.2, 0.25) is 0 Å². The zero-order valence-electron chi connectivity index (χ0n) is 13.3. The fourth-order valence-corrected chi connectivity index (χ4v) is 3.34. The van der Waals surface area contributed by atoms with Gasteiger partial charge in [-0.2, -0.15) is 0 Å². The molecular weight excluding hydrogens is 298 g/mol. The third-order valence-corrected chi connectivity index (χ3v) is 4.30. The Bertz CT molecular complexity index is 600. The Morgan fingerprint density at radius 2 is 1.83 bits per heavy atom. The molecule has 0 radical (unpaired) electrons. The number of nitrogens with zero attached hydrogens (tertiary/aromatic N) is 1. The molecule has 2 aliphatic heterocycles. The summed E-state index contributed by atoms with van der Waals surface area (Å²) >= 11 is 0. The van der Waals surface area contributed by atoms with Crippen molar-refractivity contribution in [1.29, 1.82) is 0 Å². The Morgan fingerprint density at radius 1 is 1.17 bits per heavy atom. The second-order valence-corrected chi connectivity index (χ2v) is 6.42. The van der Waals surface area contributed by atoms with Crippen molar-refractivity contribution in [3.8, 4) is 0 Å². The molecule has 0 aliphatic carbocycles. The molecule has 23 heavy (non-hydrogen) atoms. The molecule has 1 aromatic rings. The van der Waals surface area contributed by atoms with Crippen molar-refractivity contribution in [1.82, 2.24) is 4.90 Å². The lowest BCUT2D eigenvalue weighted by molar-refractivity contribution is -0.167. The molecule has 0 aromatic heterocycles. The monoisotopic (exact) mass is 319 g/mol. The summed E-state index contributed by atoms with van der Waals surface area (Å²) in [7, 11) is 0. The minimum absolute atomic E-state index is 0.0366. The van der Waals surface area contributed by atoms with Gasteiger partial charge in [-0.1, -0.05) is 30.3 Å². The topological polar surface area (TPSA) is 76.1 Å². The van der Waals surface area contributed by atoms with Crippen molar-refractivity contribution in [3.63, 3.8) is 0 Å². The Labute approximate surface area is 135 Å². The lowest BCUT2D eigenvalue weighted by Gasteiger charge is -2.28. The van der Waals surface area contributed by atoms with E-state index in [-0.39, 0.29) is 11.9 Å². The predicted molar refractivity (Wildman–Crippen MR) is 81.6 cm³/mol. The molecule has 2 saturated heterocycles. The van der Waals surface area contributed by atoms with Crippen LogP contribution in [-0.4, -0.2) is 46.4 Å². The van der Waals surface area contributed by atoms with E-state index in [2.05, 4.69) is 0 Å². The molecule has 2 aliphatic rings. The van der Waals surface area contributed by atoms with Crippen LogP contribution in [0, 0.1) is 0 Å². The number of benzene rings is 1. The molecule has 1 N–H and O–H groups in total. The molecule has 0 unspecified atom stereocenters. The second-order valence-electron chi connectivity index (χ2n) is 6.42. The van der Waals surface area contributed by atoms with E-state index in [1.165, 1.54) is 0 Å². The summed E-state index contributed by atoms with van der Waals surface area (Å²) in [4.78, 5) is 26.0. The highest BCUT2D eigenvalue weighted by Crippen LogP contribution is 2.36. The SMILES string of the molecule is CC1(C)O[C@@H](C(=O)O)[C@H](C(=O)N2CCC[C@H]2c2ccccc2)O1. The molecule has 1 aromatic carbocycles. The largest absolute Gasteiger partial charge is 0.479 e. The first kappa shape index (κ1) is 16.0. The van der Waals surface area contributed by atoms with E-state index >= 15 is 0 Å². The van der Waals surface area contributed by atoms with Gasteiger partial charge in [0.05, 0.1) is 6.04 Å². The third-order valence-electron chi connectivity index (χ3n) is 4.30. The highest BCUT2D eigenvalue weighted by atomic mass is 16.8. The van der Waals surface area contributed by atoms with Gasteiger partial charge in [0.15, 0.2) is 18.0 Å². The van der Waals surface area contributed by atoms with Gasteiger partial charge in [0, 0.05) is 6.54 Å². The molecule has 0 spiro atoms. The van der Waals surface area contributed by atoms with Gasteiger partial charge in [-0.3, -0.25) is 4.79 Å². The molecule has 0 bridgehead atoms. The van der Waals surface area contributed by atoms with Crippen molar-refractivity contribution >= 4 is 11.9 Å². The standard InChI is InChI=1S/C17H21NO5/c1-17(2)22-13(14(23-17)16(20)21)15(19)18-10-6-9-12(18)11-7-4-3-5-8-11/h3-5,7-8,12-14H,6,9-10H2,1-2H3,(H,20,21)/t12-,13+,14+/m0/s1. The number of amides is 1. The number of carbonyl (C=O) groups is 2. The Balaban J connectivity index is 1.83. The normalized spacial score (nSPS) is 29.7. The van der Waals surface area contributed by atoms with Crippen molar-refractivity contribution < 1.29 is 24.2 Å². The van der Waals surface area contributed by atoms with Crippen LogP contribution in [-0.2, 0) is 19.1 Å². The summed E-state index contributed by atoms with van der Waals surface area (Å²) in [6.07, 6.45) is -0.619. The molecule has 3 atom stereocenters. The lowest BCUT2D eigenvalue weighted by atomic mass is 10.0. The van der Waals surface area contributed by atoms with Crippen LogP contribution in [0.5, 0.6) is 0 Å². The van der Waals surface area contributed by atoms with Gasteiger partial charge in [0.2, 0.25) is 0 Å². The van der Waals surface area contributed by atoms with Gasteiger partial charge in [0.25, 0.3) is 5.91 Å². The number of rotatable bonds is 3. The number of carbonyl (C=O) groups excluding carboxylic acids is 1. The first-order chi connectivity index (χ1) is 10.9. The van der Waals surface area contributed by atoms with E-state index in [9.17, 15) is 14.7 Å². The average molecular weight is 319 g/mol. The highest BCUT2D eigenvalue weighted by Gasteiger charge is 2.51. The van der Waals surface area contributed by atoms with Crippen LogP contribution in [0.15, 0.2) is 30.3 Å². The van der Waals surface area contributed by atoms with E-state index in [4.69, 9.17) is 9.47 Å². The maximum Gasteiger partial charge on any atom is 0.336 e. The number of hydrogen-bond donors (Lipinski definition) is 1. The highest BCUT2D eigenvalue weighted by molar-refractivity contribution is 5.89. The summed E-state index contributed by atoms with van der Waals surface area (Å²) in [6, 6.07) is 9.75. The maximum atomic E-state index is 12.9. The zero-order valence-corrected chi connectivity index (χ0v) is 13.3. The lowest BCUT2D eigenvalue weighted by Crippen LogP contribution is -2.46. The Kier molecular flexibility index (Phi) is 4.12. The van der Waals surface area contributed by atoms with Crippen LogP contribution in [0.25, 0.3) is 0 Å². The summed E-state index contributed by atoms with van der Waals surface area (Å²) in [5, 5.41) is 9.31. The molecule has 3 rings (SSSR count). The minimum Gasteiger partial charge on any atom is -0.479 e. The summed E-state index contributed by atoms with van der Waals surface area (Å²) in [5.41, 5.74) is 1.06. The van der Waals surface area contributed by atoms with E-state index in [0.29, 0.717) is 6.54 Å². The van der Waals surface area contributed by atoms with E-state index < -0.39 is 24.0 Å². The van der Waals surface area contributed by atoms with E-state index in [1.807, 2.05) is 30.3 Å². The van der Waals surface area contributed by atoms with Gasteiger partial charge >= 0.3 is 5.97 Å². The maximum absolute atomic E-state index is 12.9.